The van der Waals surface area contributed by atoms with Crippen molar-refractivity contribution in [1.82, 2.24) is 15.5 Å². The van der Waals surface area contributed by atoms with Crippen LogP contribution in [-0.2, 0) is 0 Å². The SMILES string of the molecule is O=C(Nc1cccnn1)NC(c1c(F)cccc1F)C(F)(F)F. The number of alkyl halides is 3. The van der Waals surface area contributed by atoms with Crippen LogP contribution in [0.3, 0.4) is 0 Å². The first-order chi connectivity index (χ1) is 10.8. The predicted octanol–water partition coefficient (Wildman–Crippen LogP) is 3.18. The highest BCUT2D eigenvalue weighted by Gasteiger charge is 2.44. The number of halogens is 5. The van der Waals surface area contributed by atoms with Crippen molar-refractivity contribution in [1.29, 1.82) is 0 Å². The van der Waals surface area contributed by atoms with Gasteiger partial charge in [-0.3, -0.25) is 5.32 Å². The van der Waals surface area contributed by atoms with Gasteiger partial charge in [0, 0.05) is 6.20 Å². The molecule has 23 heavy (non-hydrogen) atoms. The van der Waals surface area contributed by atoms with E-state index < -0.39 is 35.4 Å². The minimum Gasteiger partial charge on any atom is -0.322 e. The summed E-state index contributed by atoms with van der Waals surface area (Å²) in [6.07, 6.45) is -3.82. The minimum atomic E-state index is -5.11. The van der Waals surface area contributed by atoms with Crippen LogP contribution in [0, 0.1) is 11.6 Å². The molecule has 1 aromatic carbocycles. The molecule has 1 aromatic heterocycles. The van der Waals surface area contributed by atoms with Crippen LogP contribution >= 0.6 is 0 Å². The molecule has 0 saturated heterocycles. The average molecular weight is 332 g/mol. The van der Waals surface area contributed by atoms with Gasteiger partial charge in [-0.2, -0.15) is 18.3 Å². The third kappa shape index (κ3) is 4.11. The molecule has 0 aliphatic heterocycles. The number of carbonyl (C=O) groups excluding carboxylic acids is 1. The molecule has 10 heteroatoms. The molecule has 122 valence electrons. The number of rotatable bonds is 3. The van der Waals surface area contributed by atoms with E-state index in [2.05, 4.69) is 10.2 Å². The van der Waals surface area contributed by atoms with E-state index in [0.717, 1.165) is 6.07 Å². The number of anilines is 1. The molecule has 1 unspecified atom stereocenters. The van der Waals surface area contributed by atoms with Crippen molar-refractivity contribution in [2.24, 2.45) is 0 Å². The monoisotopic (exact) mass is 332 g/mol. The highest BCUT2D eigenvalue weighted by atomic mass is 19.4. The number of urea groups is 1. The number of benzene rings is 1. The number of nitrogens with one attached hydrogen (secondary N) is 2. The van der Waals surface area contributed by atoms with E-state index in [1.165, 1.54) is 23.6 Å². The summed E-state index contributed by atoms with van der Waals surface area (Å²) >= 11 is 0. The molecule has 2 N–H and O–H groups in total. The standard InChI is InChI=1S/C13H9F5N4O/c14-7-3-1-4-8(15)10(7)11(13(16,17)18)21-12(23)20-9-5-2-6-19-22-9/h1-6,11H,(H2,20,21,22,23). The van der Waals surface area contributed by atoms with E-state index in [0.29, 0.717) is 12.1 Å². The first kappa shape index (κ1) is 16.6. The molecule has 0 aliphatic carbocycles. The van der Waals surface area contributed by atoms with Gasteiger partial charge in [0.15, 0.2) is 11.9 Å². The van der Waals surface area contributed by atoms with Crippen molar-refractivity contribution >= 4 is 11.8 Å². The maximum Gasteiger partial charge on any atom is 0.413 e. The maximum absolute atomic E-state index is 13.6. The van der Waals surface area contributed by atoms with E-state index in [4.69, 9.17) is 0 Å². The summed E-state index contributed by atoms with van der Waals surface area (Å²) in [5, 5.41) is 10.3. The third-order valence-electron chi connectivity index (χ3n) is 2.71. The van der Waals surface area contributed by atoms with E-state index >= 15 is 0 Å². The lowest BCUT2D eigenvalue weighted by atomic mass is 10.1. The molecule has 1 heterocycles. The Labute approximate surface area is 126 Å². The summed E-state index contributed by atoms with van der Waals surface area (Å²) in [6.45, 7) is 0. The highest BCUT2D eigenvalue weighted by Crippen LogP contribution is 2.35. The van der Waals surface area contributed by atoms with E-state index in [-0.39, 0.29) is 5.82 Å². The Bertz CT molecular complexity index is 672. The zero-order chi connectivity index (χ0) is 17.0. The van der Waals surface area contributed by atoms with Gasteiger partial charge in [0.2, 0.25) is 0 Å². The van der Waals surface area contributed by atoms with E-state index in [1.807, 2.05) is 5.32 Å². The molecule has 0 bridgehead atoms. The topological polar surface area (TPSA) is 66.9 Å². The normalized spacial score (nSPS) is 12.6. The van der Waals surface area contributed by atoms with Gasteiger partial charge in [-0.05, 0) is 24.3 Å². The smallest absolute Gasteiger partial charge is 0.322 e. The average Bonchev–Trinajstić information content (AvgIpc) is 2.46. The Balaban J connectivity index is 2.25. The maximum atomic E-state index is 13.6. The van der Waals surface area contributed by atoms with Crippen LogP contribution in [0.1, 0.15) is 11.6 Å². The fourth-order valence-corrected chi connectivity index (χ4v) is 1.76. The number of hydrogen-bond donors (Lipinski definition) is 2. The summed E-state index contributed by atoms with van der Waals surface area (Å²) in [7, 11) is 0. The van der Waals surface area contributed by atoms with Gasteiger partial charge in [-0.1, -0.05) is 6.07 Å². The second-order valence-corrected chi connectivity index (χ2v) is 4.32. The van der Waals surface area contributed by atoms with Crippen LogP contribution in [0.5, 0.6) is 0 Å². The predicted molar refractivity (Wildman–Crippen MR) is 69.3 cm³/mol. The molecule has 0 fully saturated rings. The van der Waals surface area contributed by atoms with E-state index in [9.17, 15) is 26.7 Å². The summed E-state index contributed by atoms with van der Waals surface area (Å²) in [4.78, 5) is 11.6. The van der Waals surface area contributed by atoms with Crippen LogP contribution in [0.15, 0.2) is 36.5 Å². The quantitative estimate of drug-likeness (QED) is 0.849. The molecule has 0 aliphatic rings. The fourth-order valence-electron chi connectivity index (χ4n) is 1.76. The van der Waals surface area contributed by atoms with Crippen LogP contribution in [0.4, 0.5) is 32.6 Å². The number of aromatic nitrogens is 2. The first-order valence-corrected chi connectivity index (χ1v) is 6.15. The van der Waals surface area contributed by atoms with Crippen molar-refractivity contribution in [2.75, 3.05) is 5.32 Å². The summed E-state index contributed by atoms with van der Waals surface area (Å²) in [6, 6.07) is 0.718. The minimum absolute atomic E-state index is 0.125. The molecule has 0 spiro atoms. The zero-order valence-electron chi connectivity index (χ0n) is 11.2. The molecular weight excluding hydrogens is 323 g/mol. The Kier molecular flexibility index (Phi) is 4.72. The van der Waals surface area contributed by atoms with Gasteiger partial charge >= 0.3 is 12.2 Å². The summed E-state index contributed by atoms with van der Waals surface area (Å²) in [5.74, 6) is -2.97. The van der Waals surface area contributed by atoms with Crippen LogP contribution in [0.25, 0.3) is 0 Å². The lowest BCUT2D eigenvalue weighted by Crippen LogP contribution is -2.41. The van der Waals surface area contributed by atoms with Gasteiger partial charge < -0.3 is 5.32 Å². The zero-order valence-corrected chi connectivity index (χ0v) is 11.2. The third-order valence-corrected chi connectivity index (χ3v) is 2.71. The van der Waals surface area contributed by atoms with Crippen molar-refractivity contribution < 1.29 is 26.7 Å². The van der Waals surface area contributed by atoms with Crippen molar-refractivity contribution in [3.8, 4) is 0 Å². The highest BCUT2D eigenvalue weighted by molar-refractivity contribution is 5.88. The number of amides is 2. The number of carbonyl (C=O) groups is 1. The van der Waals surface area contributed by atoms with Gasteiger partial charge in [-0.25, -0.2) is 13.6 Å². The number of nitrogens with zero attached hydrogens (tertiary/aromatic N) is 2. The Morgan fingerprint density at radius 1 is 1.09 bits per heavy atom. The molecule has 2 aromatic rings. The molecule has 2 amide bonds. The number of hydrogen-bond acceptors (Lipinski definition) is 3. The van der Waals surface area contributed by atoms with Gasteiger partial charge in [0.05, 0.1) is 5.56 Å². The van der Waals surface area contributed by atoms with E-state index in [1.54, 1.807) is 0 Å². The van der Waals surface area contributed by atoms with Crippen LogP contribution in [0.2, 0.25) is 0 Å². The summed E-state index contributed by atoms with van der Waals surface area (Å²) < 4.78 is 66.3. The lowest BCUT2D eigenvalue weighted by molar-refractivity contribution is -0.155. The largest absolute Gasteiger partial charge is 0.413 e. The van der Waals surface area contributed by atoms with Crippen LogP contribution in [-0.4, -0.2) is 22.4 Å². The Morgan fingerprint density at radius 3 is 2.26 bits per heavy atom. The molecule has 1 atom stereocenters. The lowest BCUT2D eigenvalue weighted by Gasteiger charge is -2.22. The van der Waals surface area contributed by atoms with Gasteiger partial charge in [0.1, 0.15) is 11.6 Å². The Hall–Kier alpha value is -2.78. The molecule has 5 nitrogen and oxygen atoms in total. The molecule has 2 rings (SSSR count). The second kappa shape index (κ2) is 6.55. The van der Waals surface area contributed by atoms with Crippen molar-refractivity contribution in [3.63, 3.8) is 0 Å². The van der Waals surface area contributed by atoms with Crippen molar-refractivity contribution in [2.45, 2.75) is 12.2 Å². The van der Waals surface area contributed by atoms with Gasteiger partial charge in [0.25, 0.3) is 0 Å². The molecule has 0 radical (unpaired) electrons. The fraction of sp³-hybridized carbons (Fsp3) is 0.154. The van der Waals surface area contributed by atoms with Gasteiger partial charge in [-0.15, -0.1) is 5.10 Å². The molecular formula is C13H9F5N4O. The Morgan fingerprint density at radius 2 is 1.74 bits per heavy atom. The second-order valence-electron chi connectivity index (χ2n) is 4.32. The summed E-state index contributed by atoms with van der Waals surface area (Å²) in [5.41, 5.74) is -1.30. The molecule has 0 saturated carbocycles. The van der Waals surface area contributed by atoms with Crippen molar-refractivity contribution in [3.05, 3.63) is 53.7 Å². The van der Waals surface area contributed by atoms with Crippen LogP contribution < -0.4 is 10.6 Å². The first-order valence-electron chi connectivity index (χ1n) is 6.15.